The first-order valence-corrected chi connectivity index (χ1v) is 7.97. The van der Waals surface area contributed by atoms with Gasteiger partial charge in [0.15, 0.2) is 0 Å². The van der Waals surface area contributed by atoms with Crippen LogP contribution in [0.3, 0.4) is 0 Å². The van der Waals surface area contributed by atoms with Crippen LogP contribution in [0, 0.1) is 5.92 Å². The number of carboxylic acids is 1. The van der Waals surface area contributed by atoms with Crippen LogP contribution in [0.1, 0.15) is 38.5 Å². The molecule has 2 aliphatic heterocycles. The number of piperidine rings is 1. The largest absolute Gasteiger partial charge is 0.480 e. The van der Waals surface area contributed by atoms with Gasteiger partial charge < -0.3 is 20.1 Å². The van der Waals surface area contributed by atoms with Gasteiger partial charge in [-0.05, 0) is 38.0 Å². The maximum atomic E-state index is 12.3. The van der Waals surface area contributed by atoms with Crippen LogP contribution in [-0.2, 0) is 14.3 Å². The fourth-order valence-corrected chi connectivity index (χ4v) is 3.13. The number of aliphatic carboxylic acids is 1. The third-order valence-corrected chi connectivity index (χ3v) is 4.26. The van der Waals surface area contributed by atoms with Crippen molar-refractivity contribution in [1.82, 2.24) is 10.2 Å². The molecular formula is C15H26N2O4. The zero-order chi connectivity index (χ0) is 15.1. The van der Waals surface area contributed by atoms with E-state index in [4.69, 9.17) is 9.84 Å². The Morgan fingerprint density at radius 3 is 2.81 bits per heavy atom. The molecule has 2 unspecified atom stereocenters. The highest BCUT2D eigenvalue weighted by molar-refractivity contribution is 5.76. The monoisotopic (exact) mass is 298 g/mol. The smallest absolute Gasteiger partial charge is 0.317 e. The Kier molecular flexibility index (Phi) is 6.45. The molecule has 2 fully saturated rings. The molecule has 0 spiro atoms. The summed E-state index contributed by atoms with van der Waals surface area (Å²) < 4.78 is 5.63. The Morgan fingerprint density at radius 2 is 2.10 bits per heavy atom. The molecular weight excluding hydrogens is 272 g/mol. The first-order valence-electron chi connectivity index (χ1n) is 7.97. The highest BCUT2D eigenvalue weighted by Crippen LogP contribution is 2.20. The normalized spacial score (nSPS) is 26.6. The molecule has 0 saturated carbocycles. The summed E-state index contributed by atoms with van der Waals surface area (Å²) in [5.41, 5.74) is 0. The van der Waals surface area contributed by atoms with E-state index in [0.717, 1.165) is 51.8 Å². The van der Waals surface area contributed by atoms with E-state index in [1.165, 1.54) is 0 Å². The minimum Gasteiger partial charge on any atom is -0.480 e. The molecule has 2 saturated heterocycles. The first-order chi connectivity index (χ1) is 10.1. The molecule has 0 aromatic carbocycles. The predicted molar refractivity (Wildman–Crippen MR) is 78.0 cm³/mol. The quantitative estimate of drug-likeness (QED) is 0.760. The van der Waals surface area contributed by atoms with Crippen LogP contribution in [0.4, 0.5) is 0 Å². The van der Waals surface area contributed by atoms with Crippen LogP contribution in [0.25, 0.3) is 0 Å². The summed E-state index contributed by atoms with van der Waals surface area (Å²) in [4.78, 5) is 24.7. The van der Waals surface area contributed by atoms with Crippen molar-refractivity contribution < 1.29 is 19.4 Å². The van der Waals surface area contributed by atoms with Crippen molar-refractivity contribution in [3.05, 3.63) is 0 Å². The molecule has 2 atom stereocenters. The summed E-state index contributed by atoms with van der Waals surface area (Å²) in [6, 6.07) is 0. The van der Waals surface area contributed by atoms with Crippen LogP contribution in [0.2, 0.25) is 0 Å². The lowest BCUT2D eigenvalue weighted by atomic mass is 9.97. The second kappa shape index (κ2) is 8.34. The number of hydrogen-bond donors (Lipinski definition) is 2. The van der Waals surface area contributed by atoms with E-state index in [0.29, 0.717) is 18.9 Å². The van der Waals surface area contributed by atoms with E-state index in [2.05, 4.69) is 5.32 Å². The summed E-state index contributed by atoms with van der Waals surface area (Å²) in [6.45, 7) is 2.98. The van der Waals surface area contributed by atoms with Crippen molar-refractivity contribution in [3.63, 3.8) is 0 Å². The Labute approximate surface area is 125 Å². The molecule has 120 valence electrons. The molecule has 2 heterocycles. The zero-order valence-corrected chi connectivity index (χ0v) is 12.6. The van der Waals surface area contributed by atoms with E-state index in [1.807, 2.05) is 4.90 Å². The lowest BCUT2D eigenvalue weighted by molar-refractivity contribution is -0.138. The number of hydrogen-bond acceptors (Lipinski definition) is 4. The van der Waals surface area contributed by atoms with Gasteiger partial charge in [0, 0.05) is 26.2 Å². The molecule has 2 aliphatic rings. The van der Waals surface area contributed by atoms with Gasteiger partial charge in [-0.3, -0.25) is 9.59 Å². The Hall–Kier alpha value is -1.14. The fraction of sp³-hybridized carbons (Fsp3) is 0.867. The van der Waals surface area contributed by atoms with E-state index in [1.54, 1.807) is 0 Å². The molecule has 0 aliphatic carbocycles. The summed E-state index contributed by atoms with van der Waals surface area (Å²) in [6.07, 6.45) is 5.88. The maximum absolute atomic E-state index is 12.3. The van der Waals surface area contributed by atoms with Crippen LogP contribution in [-0.4, -0.2) is 60.8 Å². The van der Waals surface area contributed by atoms with Crippen molar-refractivity contribution in [2.75, 3.05) is 32.8 Å². The van der Waals surface area contributed by atoms with Crippen molar-refractivity contribution in [3.8, 4) is 0 Å². The van der Waals surface area contributed by atoms with Gasteiger partial charge >= 0.3 is 5.97 Å². The molecule has 0 aromatic rings. The van der Waals surface area contributed by atoms with Crippen molar-refractivity contribution in [1.29, 1.82) is 0 Å². The number of amides is 1. The van der Waals surface area contributed by atoms with Gasteiger partial charge in [0.1, 0.15) is 0 Å². The van der Waals surface area contributed by atoms with Gasteiger partial charge in [-0.15, -0.1) is 0 Å². The Bertz CT molecular complexity index is 356. The molecule has 6 heteroatoms. The average Bonchev–Trinajstić information content (AvgIpc) is 2.48. The number of carboxylic acid groups (broad SMARTS) is 1. The molecule has 0 aromatic heterocycles. The maximum Gasteiger partial charge on any atom is 0.317 e. The number of nitrogens with zero attached hydrogens (tertiary/aromatic N) is 1. The minimum absolute atomic E-state index is 0.0135. The van der Waals surface area contributed by atoms with Crippen LogP contribution >= 0.6 is 0 Å². The summed E-state index contributed by atoms with van der Waals surface area (Å²) >= 11 is 0. The third kappa shape index (κ3) is 5.63. The number of likely N-dealkylation sites (tertiary alicyclic amines) is 1. The second-order valence-electron chi connectivity index (χ2n) is 6.07. The fourth-order valence-electron chi connectivity index (χ4n) is 3.13. The molecule has 0 radical (unpaired) electrons. The van der Waals surface area contributed by atoms with Crippen LogP contribution < -0.4 is 5.32 Å². The standard InChI is InChI=1S/C15H26N2O4/c18-14(8-13-5-1-2-7-21-13)17-6-3-4-12(11-17)9-16-10-15(19)20/h12-13,16H,1-11H2,(H,19,20). The zero-order valence-electron chi connectivity index (χ0n) is 12.6. The van der Waals surface area contributed by atoms with E-state index >= 15 is 0 Å². The number of carbonyl (C=O) groups excluding carboxylic acids is 1. The molecule has 0 bridgehead atoms. The van der Waals surface area contributed by atoms with Gasteiger partial charge in [-0.1, -0.05) is 0 Å². The molecule has 21 heavy (non-hydrogen) atoms. The summed E-state index contributed by atoms with van der Waals surface area (Å²) in [5, 5.41) is 11.6. The number of ether oxygens (including phenoxy) is 1. The van der Waals surface area contributed by atoms with Gasteiger partial charge in [-0.25, -0.2) is 0 Å². The first kappa shape index (κ1) is 16.2. The van der Waals surface area contributed by atoms with E-state index in [9.17, 15) is 9.59 Å². The molecule has 2 rings (SSSR count). The summed E-state index contributed by atoms with van der Waals surface area (Å²) in [7, 11) is 0. The number of carbonyl (C=O) groups is 2. The molecule has 1 amide bonds. The van der Waals surface area contributed by atoms with Crippen LogP contribution in [0.5, 0.6) is 0 Å². The molecule has 6 nitrogen and oxygen atoms in total. The third-order valence-electron chi connectivity index (χ3n) is 4.26. The minimum atomic E-state index is -0.840. The van der Waals surface area contributed by atoms with Crippen LogP contribution in [0.15, 0.2) is 0 Å². The van der Waals surface area contributed by atoms with Crippen molar-refractivity contribution in [2.24, 2.45) is 5.92 Å². The SMILES string of the molecule is O=C(O)CNCC1CCCN(C(=O)CC2CCCCO2)C1. The Morgan fingerprint density at radius 1 is 1.24 bits per heavy atom. The lowest BCUT2D eigenvalue weighted by Gasteiger charge is -2.34. The van der Waals surface area contributed by atoms with Gasteiger partial charge in [0.2, 0.25) is 5.91 Å². The van der Waals surface area contributed by atoms with Gasteiger partial charge in [-0.2, -0.15) is 0 Å². The summed E-state index contributed by atoms with van der Waals surface area (Å²) in [5.74, 6) is -0.299. The topological polar surface area (TPSA) is 78.9 Å². The van der Waals surface area contributed by atoms with Crippen molar-refractivity contribution >= 4 is 11.9 Å². The Balaban J connectivity index is 1.71. The highest BCUT2D eigenvalue weighted by Gasteiger charge is 2.26. The molecule has 2 N–H and O–H groups in total. The lowest BCUT2D eigenvalue weighted by Crippen LogP contribution is -2.44. The number of rotatable bonds is 6. The van der Waals surface area contributed by atoms with E-state index in [-0.39, 0.29) is 18.6 Å². The average molecular weight is 298 g/mol. The second-order valence-corrected chi connectivity index (χ2v) is 6.07. The van der Waals surface area contributed by atoms with Gasteiger partial charge in [0.05, 0.1) is 19.1 Å². The van der Waals surface area contributed by atoms with Crippen molar-refractivity contribution in [2.45, 2.75) is 44.6 Å². The predicted octanol–water partition coefficient (Wildman–Crippen LogP) is 0.858. The van der Waals surface area contributed by atoms with Gasteiger partial charge in [0.25, 0.3) is 0 Å². The highest BCUT2D eigenvalue weighted by atomic mass is 16.5. The van der Waals surface area contributed by atoms with E-state index < -0.39 is 5.97 Å². The number of nitrogens with one attached hydrogen (secondary N) is 1.